The lowest BCUT2D eigenvalue weighted by Gasteiger charge is -2.29. The van der Waals surface area contributed by atoms with Gasteiger partial charge in [-0.1, -0.05) is 40.0 Å². The highest BCUT2D eigenvalue weighted by atomic mass is 16.5. The van der Waals surface area contributed by atoms with Gasteiger partial charge >= 0.3 is 0 Å². The Morgan fingerprint density at radius 2 is 2.00 bits per heavy atom. The number of nitrogens with one attached hydrogen (secondary N) is 1. The van der Waals surface area contributed by atoms with Gasteiger partial charge in [0.05, 0.1) is 12.7 Å². The first-order valence-electron chi connectivity index (χ1n) is 8.56. The molecule has 1 rings (SSSR count). The van der Waals surface area contributed by atoms with E-state index in [2.05, 4.69) is 26.1 Å². The van der Waals surface area contributed by atoms with Crippen molar-refractivity contribution in [2.24, 2.45) is 17.8 Å². The smallest absolute Gasteiger partial charge is 0.0897 e. The van der Waals surface area contributed by atoms with Gasteiger partial charge in [-0.15, -0.1) is 0 Å². The summed E-state index contributed by atoms with van der Waals surface area (Å²) in [5.74, 6) is 2.37. The van der Waals surface area contributed by atoms with E-state index in [-0.39, 0.29) is 6.10 Å². The minimum absolute atomic E-state index is 0.368. The monoisotopic (exact) mass is 285 g/mol. The van der Waals surface area contributed by atoms with Gasteiger partial charge < -0.3 is 15.2 Å². The van der Waals surface area contributed by atoms with Gasteiger partial charge in [0.25, 0.3) is 0 Å². The van der Waals surface area contributed by atoms with Crippen LogP contribution < -0.4 is 5.32 Å². The number of hydrogen-bond donors (Lipinski definition) is 2. The summed E-state index contributed by atoms with van der Waals surface area (Å²) < 4.78 is 5.52. The summed E-state index contributed by atoms with van der Waals surface area (Å²) in [5, 5.41) is 13.3. The van der Waals surface area contributed by atoms with Crippen LogP contribution in [0.4, 0.5) is 0 Å². The van der Waals surface area contributed by atoms with Crippen LogP contribution in [0.2, 0.25) is 0 Å². The van der Waals surface area contributed by atoms with Gasteiger partial charge in [-0.05, 0) is 43.6 Å². The molecule has 1 aliphatic carbocycles. The maximum Gasteiger partial charge on any atom is 0.0897 e. The quantitative estimate of drug-likeness (QED) is 0.606. The lowest BCUT2D eigenvalue weighted by molar-refractivity contribution is 0.0338. The second kappa shape index (κ2) is 10.6. The number of rotatable bonds is 10. The zero-order valence-corrected chi connectivity index (χ0v) is 13.7. The maximum atomic E-state index is 9.87. The highest BCUT2D eigenvalue weighted by Gasteiger charge is 2.20. The molecule has 1 aliphatic rings. The molecule has 0 spiro atoms. The molecule has 1 fully saturated rings. The molecule has 120 valence electrons. The number of ether oxygens (including phenoxy) is 1. The van der Waals surface area contributed by atoms with E-state index in [0.717, 1.165) is 37.3 Å². The number of hydrogen-bond acceptors (Lipinski definition) is 3. The normalized spacial score (nSPS) is 25.1. The van der Waals surface area contributed by atoms with Gasteiger partial charge in [-0.25, -0.2) is 0 Å². The highest BCUT2D eigenvalue weighted by Crippen LogP contribution is 2.28. The van der Waals surface area contributed by atoms with Crippen molar-refractivity contribution in [3.63, 3.8) is 0 Å². The molecule has 0 saturated heterocycles. The molecule has 3 heteroatoms. The molecular formula is C17H35NO2. The number of aliphatic hydroxyl groups is 1. The first kappa shape index (κ1) is 17.9. The van der Waals surface area contributed by atoms with E-state index < -0.39 is 0 Å². The number of aliphatic hydroxyl groups excluding tert-OH is 1. The van der Waals surface area contributed by atoms with E-state index in [1.54, 1.807) is 0 Å². The molecule has 0 amide bonds. The molecule has 0 heterocycles. The van der Waals surface area contributed by atoms with Crippen molar-refractivity contribution in [1.29, 1.82) is 0 Å². The SMILES string of the molecule is CC(C)CCCOCC(O)CNCC1CCCCC1C. The standard InChI is InChI=1S/C17H35NO2/c1-14(2)7-6-10-20-13-17(19)12-18-11-16-9-5-4-8-15(16)3/h14-19H,4-13H2,1-3H3. The van der Waals surface area contributed by atoms with E-state index in [9.17, 15) is 5.11 Å². The fourth-order valence-electron chi connectivity index (χ4n) is 3.00. The molecule has 0 aromatic rings. The topological polar surface area (TPSA) is 41.5 Å². The lowest BCUT2D eigenvalue weighted by atomic mass is 9.80. The molecule has 0 radical (unpaired) electrons. The van der Waals surface area contributed by atoms with Crippen molar-refractivity contribution in [2.75, 3.05) is 26.3 Å². The Morgan fingerprint density at radius 1 is 1.25 bits per heavy atom. The Balaban J connectivity index is 1.95. The van der Waals surface area contributed by atoms with E-state index in [1.165, 1.54) is 32.1 Å². The van der Waals surface area contributed by atoms with Crippen LogP contribution in [-0.2, 0) is 4.74 Å². The Morgan fingerprint density at radius 3 is 2.70 bits per heavy atom. The van der Waals surface area contributed by atoms with Gasteiger partial charge in [-0.2, -0.15) is 0 Å². The largest absolute Gasteiger partial charge is 0.389 e. The average molecular weight is 285 g/mol. The molecule has 3 nitrogen and oxygen atoms in total. The molecular weight excluding hydrogens is 250 g/mol. The van der Waals surface area contributed by atoms with Gasteiger partial charge in [0, 0.05) is 13.2 Å². The summed E-state index contributed by atoms with van der Waals surface area (Å²) in [6.45, 7) is 9.76. The Kier molecular flexibility index (Phi) is 9.49. The lowest BCUT2D eigenvalue weighted by Crippen LogP contribution is -2.36. The van der Waals surface area contributed by atoms with Gasteiger partial charge in [-0.3, -0.25) is 0 Å². The van der Waals surface area contributed by atoms with Crippen LogP contribution >= 0.6 is 0 Å². The van der Waals surface area contributed by atoms with Crippen molar-refractivity contribution in [2.45, 2.75) is 65.4 Å². The Hall–Kier alpha value is -0.120. The highest BCUT2D eigenvalue weighted by molar-refractivity contribution is 4.74. The van der Waals surface area contributed by atoms with Crippen LogP contribution in [0.5, 0.6) is 0 Å². The molecule has 2 N–H and O–H groups in total. The van der Waals surface area contributed by atoms with Crippen LogP contribution in [0, 0.1) is 17.8 Å². The average Bonchev–Trinajstić information content (AvgIpc) is 2.40. The molecule has 0 aromatic carbocycles. The first-order valence-corrected chi connectivity index (χ1v) is 8.56. The third-order valence-corrected chi connectivity index (χ3v) is 4.46. The van der Waals surface area contributed by atoms with Gasteiger partial charge in [0.2, 0.25) is 0 Å². The summed E-state index contributed by atoms with van der Waals surface area (Å²) in [7, 11) is 0. The molecule has 0 aliphatic heterocycles. The van der Waals surface area contributed by atoms with E-state index >= 15 is 0 Å². The third-order valence-electron chi connectivity index (χ3n) is 4.46. The molecule has 20 heavy (non-hydrogen) atoms. The minimum atomic E-state index is -0.368. The van der Waals surface area contributed by atoms with Crippen LogP contribution in [0.15, 0.2) is 0 Å². The summed E-state index contributed by atoms with van der Waals surface area (Å²) in [4.78, 5) is 0. The Labute approximate surface area is 125 Å². The second-order valence-electron chi connectivity index (χ2n) is 6.94. The fourth-order valence-corrected chi connectivity index (χ4v) is 3.00. The predicted octanol–water partition coefficient (Wildman–Crippen LogP) is 3.22. The predicted molar refractivity (Wildman–Crippen MR) is 84.9 cm³/mol. The van der Waals surface area contributed by atoms with Crippen LogP contribution in [0.25, 0.3) is 0 Å². The fraction of sp³-hybridized carbons (Fsp3) is 1.00. The molecule has 1 saturated carbocycles. The first-order chi connectivity index (χ1) is 9.59. The van der Waals surface area contributed by atoms with Crippen molar-refractivity contribution >= 4 is 0 Å². The summed E-state index contributed by atoms with van der Waals surface area (Å²) in [6, 6.07) is 0. The van der Waals surface area contributed by atoms with Crippen molar-refractivity contribution < 1.29 is 9.84 Å². The van der Waals surface area contributed by atoms with Crippen LogP contribution in [0.1, 0.15) is 59.3 Å². The molecule has 0 bridgehead atoms. The van der Waals surface area contributed by atoms with Crippen LogP contribution in [-0.4, -0.2) is 37.5 Å². The third kappa shape index (κ3) is 8.23. The van der Waals surface area contributed by atoms with E-state index in [4.69, 9.17) is 4.74 Å². The minimum Gasteiger partial charge on any atom is -0.389 e. The van der Waals surface area contributed by atoms with Gasteiger partial charge in [0.15, 0.2) is 0 Å². The zero-order valence-electron chi connectivity index (χ0n) is 13.7. The molecule has 3 atom stereocenters. The van der Waals surface area contributed by atoms with Crippen molar-refractivity contribution in [3.05, 3.63) is 0 Å². The maximum absolute atomic E-state index is 9.87. The van der Waals surface area contributed by atoms with Crippen molar-refractivity contribution in [1.82, 2.24) is 5.32 Å². The summed E-state index contributed by atoms with van der Waals surface area (Å²) in [6.07, 6.45) is 7.41. The zero-order chi connectivity index (χ0) is 14.8. The second-order valence-corrected chi connectivity index (χ2v) is 6.94. The van der Waals surface area contributed by atoms with Gasteiger partial charge in [0.1, 0.15) is 0 Å². The van der Waals surface area contributed by atoms with Crippen molar-refractivity contribution in [3.8, 4) is 0 Å². The molecule has 3 unspecified atom stereocenters. The van der Waals surface area contributed by atoms with Crippen LogP contribution in [0.3, 0.4) is 0 Å². The molecule has 0 aromatic heterocycles. The Bertz CT molecular complexity index is 233. The van der Waals surface area contributed by atoms with E-state index in [0.29, 0.717) is 13.2 Å². The summed E-state index contributed by atoms with van der Waals surface area (Å²) in [5.41, 5.74) is 0. The van der Waals surface area contributed by atoms with E-state index in [1.807, 2.05) is 0 Å². The summed E-state index contributed by atoms with van der Waals surface area (Å²) >= 11 is 0.